The number of hydrogen-bond donors (Lipinski definition) is 1. The number of carbonyl (C=O) groups excluding carboxylic acids is 1. The lowest BCUT2D eigenvalue weighted by molar-refractivity contribution is -0.118. The van der Waals surface area contributed by atoms with Gasteiger partial charge < -0.3 is 10.1 Å². The molecule has 2 aromatic carbocycles. The minimum absolute atomic E-state index is 0.200. The maximum absolute atomic E-state index is 12.3. The fourth-order valence-corrected chi connectivity index (χ4v) is 3.07. The number of halogens is 2. The number of anilines is 1. The summed E-state index contributed by atoms with van der Waals surface area (Å²) in [6.07, 6.45) is 0. The molecule has 7 nitrogen and oxygen atoms in total. The number of rotatable bonds is 5. The van der Waals surface area contributed by atoms with Crippen molar-refractivity contribution in [2.75, 3.05) is 11.9 Å². The van der Waals surface area contributed by atoms with Crippen LogP contribution in [0.1, 0.15) is 5.82 Å². The standard InChI is InChI=1S/C20H15Cl2N5O2/c1-12-24-25-19-8-7-17(26-27(12)19)13-3-2-4-15(9-13)23-20(28)11-29-18-10-14(21)5-6-16(18)22/h2-10H,11H2,1H3,(H,23,28). The average Bonchev–Trinajstić information content (AvgIpc) is 3.09. The summed E-state index contributed by atoms with van der Waals surface area (Å²) in [5.41, 5.74) is 2.87. The summed E-state index contributed by atoms with van der Waals surface area (Å²) >= 11 is 12.0. The first kappa shape index (κ1) is 19.2. The van der Waals surface area contributed by atoms with Crippen molar-refractivity contribution in [3.63, 3.8) is 0 Å². The van der Waals surface area contributed by atoms with Gasteiger partial charge in [0.25, 0.3) is 5.91 Å². The van der Waals surface area contributed by atoms with Gasteiger partial charge in [0.15, 0.2) is 18.1 Å². The van der Waals surface area contributed by atoms with Crippen molar-refractivity contribution in [2.45, 2.75) is 6.92 Å². The van der Waals surface area contributed by atoms with E-state index < -0.39 is 0 Å². The molecule has 0 bridgehead atoms. The van der Waals surface area contributed by atoms with Crippen molar-refractivity contribution < 1.29 is 9.53 Å². The van der Waals surface area contributed by atoms with Crippen molar-refractivity contribution >= 4 is 40.4 Å². The van der Waals surface area contributed by atoms with E-state index in [9.17, 15) is 4.79 Å². The van der Waals surface area contributed by atoms with Crippen molar-refractivity contribution in [2.24, 2.45) is 0 Å². The smallest absolute Gasteiger partial charge is 0.262 e. The first-order valence-corrected chi connectivity index (χ1v) is 9.42. The van der Waals surface area contributed by atoms with Crippen molar-refractivity contribution in [3.05, 3.63) is 70.5 Å². The van der Waals surface area contributed by atoms with Gasteiger partial charge in [-0.3, -0.25) is 4.79 Å². The molecule has 2 aromatic heterocycles. The number of carbonyl (C=O) groups is 1. The maximum Gasteiger partial charge on any atom is 0.262 e. The molecule has 4 aromatic rings. The zero-order valence-corrected chi connectivity index (χ0v) is 16.8. The van der Waals surface area contributed by atoms with E-state index in [0.717, 1.165) is 11.3 Å². The van der Waals surface area contributed by atoms with Gasteiger partial charge in [-0.2, -0.15) is 9.61 Å². The van der Waals surface area contributed by atoms with Gasteiger partial charge >= 0.3 is 0 Å². The molecule has 0 atom stereocenters. The molecule has 1 amide bonds. The van der Waals surface area contributed by atoms with E-state index in [0.29, 0.717) is 33.0 Å². The van der Waals surface area contributed by atoms with Gasteiger partial charge in [0, 0.05) is 22.3 Å². The molecule has 0 saturated heterocycles. The van der Waals surface area contributed by atoms with E-state index in [-0.39, 0.29) is 12.5 Å². The Balaban J connectivity index is 1.47. The third-order valence-corrected chi connectivity index (χ3v) is 4.66. The zero-order chi connectivity index (χ0) is 20.4. The van der Waals surface area contributed by atoms with Crippen LogP contribution in [0.4, 0.5) is 5.69 Å². The molecule has 0 aliphatic rings. The second kappa shape index (κ2) is 8.06. The fraction of sp³-hybridized carbons (Fsp3) is 0.100. The molecule has 0 fully saturated rings. The number of amides is 1. The summed E-state index contributed by atoms with van der Waals surface area (Å²) in [7, 11) is 0. The second-order valence-corrected chi connectivity index (χ2v) is 7.07. The molecule has 0 aliphatic heterocycles. The predicted octanol–water partition coefficient (Wildman–Crippen LogP) is 4.42. The summed E-state index contributed by atoms with van der Waals surface area (Å²) in [6, 6.07) is 15.9. The van der Waals surface area contributed by atoms with Gasteiger partial charge in [0.2, 0.25) is 0 Å². The van der Waals surface area contributed by atoms with Gasteiger partial charge in [-0.15, -0.1) is 10.2 Å². The Morgan fingerprint density at radius 1 is 1.10 bits per heavy atom. The lowest BCUT2D eigenvalue weighted by Gasteiger charge is -2.10. The van der Waals surface area contributed by atoms with Crippen LogP contribution >= 0.6 is 23.2 Å². The van der Waals surface area contributed by atoms with Crippen LogP contribution < -0.4 is 10.1 Å². The van der Waals surface area contributed by atoms with Crippen molar-refractivity contribution in [1.29, 1.82) is 0 Å². The van der Waals surface area contributed by atoms with Crippen LogP contribution in [-0.4, -0.2) is 32.3 Å². The zero-order valence-electron chi connectivity index (χ0n) is 15.3. The van der Waals surface area contributed by atoms with E-state index in [1.54, 1.807) is 28.8 Å². The molecule has 1 N–H and O–H groups in total. The Hall–Kier alpha value is -3.16. The number of fused-ring (bicyclic) bond motifs is 1. The second-order valence-electron chi connectivity index (χ2n) is 6.23. The molecular weight excluding hydrogens is 413 g/mol. The van der Waals surface area contributed by atoms with Gasteiger partial charge in [-0.05, 0) is 43.3 Å². The van der Waals surface area contributed by atoms with Gasteiger partial charge in [-0.25, -0.2) is 0 Å². The highest BCUT2D eigenvalue weighted by molar-refractivity contribution is 6.34. The Morgan fingerprint density at radius 2 is 1.97 bits per heavy atom. The summed E-state index contributed by atoms with van der Waals surface area (Å²) in [5.74, 6) is 0.726. The molecule has 0 spiro atoms. The first-order chi connectivity index (χ1) is 14.0. The fourth-order valence-electron chi connectivity index (χ4n) is 2.73. The lowest BCUT2D eigenvalue weighted by Crippen LogP contribution is -2.20. The van der Waals surface area contributed by atoms with Crippen LogP contribution in [0.15, 0.2) is 54.6 Å². The topological polar surface area (TPSA) is 81.4 Å². The minimum atomic E-state index is -0.323. The summed E-state index contributed by atoms with van der Waals surface area (Å²) in [5, 5.41) is 16.2. The largest absolute Gasteiger partial charge is 0.482 e. The van der Waals surface area contributed by atoms with Crippen LogP contribution in [0.3, 0.4) is 0 Å². The summed E-state index contributed by atoms with van der Waals surface area (Å²) in [4.78, 5) is 12.3. The van der Waals surface area contributed by atoms with Crippen molar-refractivity contribution in [1.82, 2.24) is 19.8 Å². The Labute approximate surface area is 176 Å². The van der Waals surface area contributed by atoms with Crippen LogP contribution in [-0.2, 0) is 4.79 Å². The van der Waals surface area contributed by atoms with Crippen LogP contribution in [0.25, 0.3) is 16.9 Å². The summed E-state index contributed by atoms with van der Waals surface area (Å²) < 4.78 is 7.13. The maximum atomic E-state index is 12.3. The third kappa shape index (κ3) is 4.31. The van der Waals surface area contributed by atoms with Crippen LogP contribution in [0.2, 0.25) is 10.0 Å². The molecule has 9 heteroatoms. The van der Waals surface area contributed by atoms with Crippen LogP contribution in [0, 0.1) is 6.92 Å². The lowest BCUT2D eigenvalue weighted by atomic mass is 10.1. The van der Waals surface area contributed by atoms with Crippen LogP contribution in [0.5, 0.6) is 5.75 Å². The molecule has 146 valence electrons. The number of aryl methyl sites for hydroxylation is 1. The molecule has 4 rings (SSSR count). The highest BCUT2D eigenvalue weighted by Crippen LogP contribution is 2.27. The molecule has 0 unspecified atom stereocenters. The minimum Gasteiger partial charge on any atom is -0.482 e. The predicted molar refractivity (Wildman–Crippen MR) is 112 cm³/mol. The third-order valence-electron chi connectivity index (χ3n) is 4.11. The Morgan fingerprint density at radius 3 is 2.83 bits per heavy atom. The Kier molecular flexibility index (Phi) is 5.33. The number of nitrogens with one attached hydrogen (secondary N) is 1. The van der Waals surface area contributed by atoms with Gasteiger partial charge in [-0.1, -0.05) is 35.3 Å². The number of ether oxygens (including phenoxy) is 1. The van der Waals surface area contributed by atoms with E-state index in [1.807, 2.05) is 37.3 Å². The number of benzene rings is 2. The van der Waals surface area contributed by atoms with E-state index in [1.165, 1.54) is 0 Å². The SMILES string of the molecule is Cc1nnc2ccc(-c3cccc(NC(=O)COc4cc(Cl)ccc4Cl)c3)nn12. The molecule has 0 aliphatic carbocycles. The quantitative estimate of drug-likeness (QED) is 0.509. The van der Waals surface area contributed by atoms with Gasteiger partial charge in [0.1, 0.15) is 5.75 Å². The normalized spacial score (nSPS) is 10.9. The monoisotopic (exact) mass is 427 g/mol. The molecule has 0 saturated carbocycles. The van der Waals surface area contributed by atoms with E-state index in [4.69, 9.17) is 27.9 Å². The molecule has 2 heterocycles. The number of hydrogen-bond acceptors (Lipinski definition) is 5. The van der Waals surface area contributed by atoms with Gasteiger partial charge in [0.05, 0.1) is 10.7 Å². The molecular formula is C20H15Cl2N5O2. The Bertz CT molecular complexity index is 1210. The molecule has 0 radical (unpaired) electrons. The van der Waals surface area contributed by atoms with E-state index in [2.05, 4.69) is 20.6 Å². The average molecular weight is 428 g/mol. The van der Waals surface area contributed by atoms with Crippen molar-refractivity contribution in [3.8, 4) is 17.0 Å². The highest BCUT2D eigenvalue weighted by atomic mass is 35.5. The van der Waals surface area contributed by atoms with E-state index >= 15 is 0 Å². The number of nitrogens with zero attached hydrogens (tertiary/aromatic N) is 4. The molecule has 29 heavy (non-hydrogen) atoms. The first-order valence-electron chi connectivity index (χ1n) is 8.67. The number of aromatic nitrogens is 4. The summed E-state index contributed by atoms with van der Waals surface area (Å²) in [6.45, 7) is 1.63. The highest BCUT2D eigenvalue weighted by Gasteiger charge is 2.09.